The second-order valence-electron chi connectivity index (χ2n) is 5.65. The summed E-state index contributed by atoms with van der Waals surface area (Å²) in [5.74, 6) is 0.0481. The van der Waals surface area contributed by atoms with Crippen molar-refractivity contribution < 1.29 is 14.4 Å². The lowest BCUT2D eigenvalue weighted by atomic mass is 9.88. The number of Topliss-reactive ketones (excluding diaryl/α,β-unsaturated/α-hetero) is 1. The summed E-state index contributed by atoms with van der Waals surface area (Å²) >= 11 is 0. The zero-order chi connectivity index (χ0) is 14.1. The fraction of sp³-hybridized carbons (Fsp3) is 0.438. The van der Waals surface area contributed by atoms with E-state index in [0.717, 1.165) is 12.0 Å². The Kier molecular flexibility index (Phi) is 3.38. The SMILES string of the molecule is O=C1CCC(c2ccc(C3CCC(=O)NC3=O)cc2)C1. The molecule has 0 bridgehead atoms. The number of amides is 2. The normalized spacial score (nSPS) is 26.7. The van der Waals surface area contributed by atoms with Gasteiger partial charge in [0.15, 0.2) is 0 Å². The zero-order valence-corrected chi connectivity index (χ0v) is 11.2. The van der Waals surface area contributed by atoms with Gasteiger partial charge in [0.2, 0.25) is 11.8 Å². The highest BCUT2D eigenvalue weighted by molar-refractivity contribution is 6.00. The van der Waals surface area contributed by atoms with Crippen LogP contribution in [0.1, 0.15) is 55.1 Å². The van der Waals surface area contributed by atoms with Gasteiger partial charge < -0.3 is 0 Å². The summed E-state index contributed by atoms with van der Waals surface area (Å²) in [7, 11) is 0. The molecule has 1 aliphatic carbocycles. The minimum Gasteiger partial charge on any atom is -0.300 e. The first-order valence-electron chi connectivity index (χ1n) is 7.09. The smallest absolute Gasteiger partial charge is 0.234 e. The average molecular weight is 271 g/mol. The number of carbonyl (C=O) groups is 3. The highest BCUT2D eigenvalue weighted by atomic mass is 16.2. The van der Waals surface area contributed by atoms with Crippen molar-refractivity contribution in [3.8, 4) is 0 Å². The number of hydrogen-bond donors (Lipinski definition) is 1. The van der Waals surface area contributed by atoms with Crippen LogP contribution in [0.4, 0.5) is 0 Å². The quantitative estimate of drug-likeness (QED) is 0.837. The van der Waals surface area contributed by atoms with Crippen molar-refractivity contribution in [3.05, 3.63) is 35.4 Å². The Bertz CT molecular complexity index is 562. The monoisotopic (exact) mass is 271 g/mol. The zero-order valence-electron chi connectivity index (χ0n) is 11.2. The molecule has 2 atom stereocenters. The highest BCUT2D eigenvalue weighted by Crippen LogP contribution is 2.33. The molecule has 0 spiro atoms. The first-order chi connectivity index (χ1) is 9.63. The Balaban J connectivity index is 1.74. The van der Waals surface area contributed by atoms with Crippen molar-refractivity contribution in [2.75, 3.05) is 0 Å². The van der Waals surface area contributed by atoms with Crippen molar-refractivity contribution in [1.82, 2.24) is 5.32 Å². The predicted octanol–water partition coefficient (Wildman–Crippen LogP) is 2.04. The van der Waals surface area contributed by atoms with Crippen LogP contribution in [-0.4, -0.2) is 17.6 Å². The van der Waals surface area contributed by atoms with Crippen LogP contribution in [0.15, 0.2) is 24.3 Å². The minimum atomic E-state index is -0.230. The molecule has 20 heavy (non-hydrogen) atoms. The van der Waals surface area contributed by atoms with E-state index in [-0.39, 0.29) is 17.7 Å². The van der Waals surface area contributed by atoms with E-state index in [9.17, 15) is 14.4 Å². The molecule has 1 aliphatic heterocycles. The van der Waals surface area contributed by atoms with Crippen molar-refractivity contribution in [3.63, 3.8) is 0 Å². The first-order valence-corrected chi connectivity index (χ1v) is 7.09. The number of rotatable bonds is 2. The van der Waals surface area contributed by atoms with Gasteiger partial charge in [-0.2, -0.15) is 0 Å². The molecule has 0 radical (unpaired) electrons. The molecule has 4 nitrogen and oxygen atoms in total. The van der Waals surface area contributed by atoms with E-state index in [4.69, 9.17) is 0 Å². The summed E-state index contributed by atoms with van der Waals surface area (Å²) < 4.78 is 0. The Morgan fingerprint density at radius 2 is 1.60 bits per heavy atom. The lowest BCUT2D eigenvalue weighted by Gasteiger charge is -2.21. The van der Waals surface area contributed by atoms with Gasteiger partial charge in [0.05, 0.1) is 5.92 Å². The minimum absolute atomic E-state index is 0.188. The van der Waals surface area contributed by atoms with Gasteiger partial charge in [-0.15, -0.1) is 0 Å². The van der Waals surface area contributed by atoms with Crippen molar-refractivity contribution in [2.24, 2.45) is 0 Å². The summed E-state index contributed by atoms with van der Waals surface area (Å²) in [6, 6.07) is 7.95. The molecule has 2 amide bonds. The Morgan fingerprint density at radius 3 is 2.20 bits per heavy atom. The van der Waals surface area contributed by atoms with E-state index in [2.05, 4.69) is 5.32 Å². The fourth-order valence-corrected chi connectivity index (χ4v) is 3.11. The second kappa shape index (κ2) is 5.19. The number of imide groups is 1. The average Bonchev–Trinajstić information content (AvgIpc) is 2.86. The topological polar surface area (TPSA) is 63.2 Å². The summed E-state index contributed by atoms with van der Waals surface area (Å²) in [6.45, 7) is 0. The molecule has 1 saturated carbocycles. The summed E-state index contributed by atoms with van der Waals surface area (Å²) in [5.41, 5.74) is 2.12. The molecule has 1 aromatic rings. The lowest BCUT2D eigenvalue weighted by molar-refractivity contribution is -0.134. The summed E-state index contributed by atoms with van der Waals surface area (Å²) in [5, 5.41) is 2.38. The van der Waals surface area contributed by atoms with Crippen LogP contribution in [-0.2, 0) is 14.4 Å². The van der Waals surface area contributed by atoms with Crippen molar-refractivity contribution >= 4 is 17.6 Å². The maximum atomic E-state index is 11.8. The molecule has 0 aromatic heterocycles. The molecule has 1 saturated heterocycles. The second-order valence-corrected chi connectivity index (χ2v) is 5.65. The fourth-order valence-electron chi connectivity index (χ4n) is 3.11. The third-order valence-corrected chi connectivity index (χ3v) is 4.30. The standard InChI is InChI=1S/C16H17NO3/c18-13-6-5-12(9-13)10-1-3-11(4-2-10)14-7-8-15(19)17-16(14)20/h1-4,12,14H,5-9H2,(H,17,19,20). The molecule has 3 rings (SSSR count). The Labute approximate surface area is 117 Å². The molecular formula is C16H17NO3. The van der Waals surface area contributed by atoms with E-state index >= 15 is 0 Å². The Morgan fingerprint density at radius 1 is 0.900 bits per heavy atom. The van der Waals surface area contributed by atoms with E-state index in [0.29, 0.717) is 37.4 Å². The number of ketones is 1. The molecule has 1 N–H and O–H groups in total. The third kappa shape index (κ3) is 2.50. The molecule has 1 aromatic carbocycles. The summed E-state index contributed by atoms with van der Waals surface area (Å²) in [6.07, 6.45) is 3.22. The van der Waals surface area contributed by atoms with Crippen molar-refractivity contribution in [2.45, 2.75) is 43.9 Å². The van der Waals surface area contributed by atoms with Crippen LogP contribution in [0.2, 0.25) is 0 Å². The van der Waals surface area contributed by atoms with Crippen LogP contribution in [0.25, 0.3) is 0 Å². The van der Waals surface area contributed by atoms with Crippen LogP contribution < -0.4 is 5.32 Å². The number of piperidine rings is 1. The van der Waals surface area contributed by atoms with Crippen LogP contribution in [0.3, 0.4) is 0 Å². The Hall–Kier alpha value is -1.97. The van der Waals surface area contributed by atoms with Crippen LogP contribution in [0, 0.1) is 0 Å². The number of carbonyl (C=O) groups excluding carboxylic acids is 3. The largest absolute Gasteiger partial charge is 0.300 e. The molecule has 2 fully saturated rings. The number of hydrogen-bond acceptors (Lipinski definition) is 3. The highest BCUT2D eigenvalue weighted by Gasteiger charge is 2.28. The summed E-state index contributed by atoms with van der Waals surface area (Å²) in [4.78, 5) is 34.3. The van der Waals surface area contributed by atoms with Gasteiger partial charge in [0, 0.05) is 19.3 Å². The maximum absolute atomic E-state index is 11.8. The van der Waals surface area contributed by atoms with E-state index < -0.39 is 0 Å². The van der Waals surface area contributed by atoms with Gasteiger partial charge in [0.1, 0.15) is 5.78 Å². The molecule has 104 valence electrons. The van der Waals surface area contributed by atoms with Gasteiger partial charge in [0.25, 0.3) is 0 Å². The molecule has 2 unspecified atom stereocenters. The van der Waals surface area contributed by atoms with Crippen LogP contribution >= 0.6 is 0 Å². The predicted molar refractivity (Wildman–Crippen MR) is 73.2 cm³/mol. The third-order valence-electron chi connectivity index (χ3n) is 4.30. The molecule has 2 aliphatic rings. The van der Waals surface area contributed by atoms with Gasteiger partial charge in [-0.3, -0.25) is 19.7 Å². The number of benzene rings is 1. The lowest BCUT2D eigenvalue weighted by Crippen LogP contribution is -2.39. The van der Waals surface area contributed by atoms with E-state index in [1.54, 1.807) is 0 Å². The van der Waals surface area contributed by atoms with Crippen molar-refractivity contribution in [1.29, 1.82) is 0 Å². The van der Waals surface area contributed by atoms with Gasteiger partial charge in [-0.05, 0) is 29.9 Å². The van der Waals surface area contributed by atoms with Gasteiger partial charge in [-0.25, -0.2) is 0 Å². The van der Waals surface area contributed by atoms with E-state index in [1.165, 1.54) is 5.56 Å². The number of nitrogens with one attached hydrogen (secondary N) is 1. The first kappa shape index (κ1) is 13.0. The molecule has 1 heterocycles. The van der Waals surface area contributed by atoms with E-state index in [1.807, 2.05) is 24.3 Å². The van der Waals surface area contributed by atoms with Crippen LogP contribution in [0.5, 0.6) is 0 Å². The maximum Gasteiger partial charge on any atom is 0.234 e. The van der Waals surface area contributed by atoms with Gasteiger partial charge in [-0.1, -0.05) is 24.3 Å². The molecular weight excluding hydrogens is 254 g/mol. The van der Waals surface area contributed by atoms with Gasteiger partial charge >= 0.3 is 0 Å². The molecule has 4 heteroatoms.